The van der Waals surface area contributed by atoms with E-state index in [9.17, 15) is 9.59 Å². The van der Waals surface area contributed by atoms with Crippen molar-refractivity contribution < 1.29 is 4.79 Å². The first-order valence-electron chi connectivity index (χ1n) is 5.65. The number of benzene rings is 1. The summed E-state index contributed by atoms with van der Waals surface area (Å²) in [7, 11) is 0. The van der Waals surface area contributed by atoms with Gasteiger partial charge in [-0.1, -0.05) is 24.3 Å². The Morgan fingerprint density at radius 1 is 1.17 bits per heavy atom. The van der Waals surface area contributed by atoms with Gasteiger partial charge >= 0.3 is 0 Å². The van der Waals surface area contributed by atoms with Crippen molar-refractivity contribution in [3.05, 3.63) is 58.5 Å². The van der Waals surface area contributed by atoms with Crippen molar-refractivity contribution in [1.29, 1.82) is 0 Å². The summed E-state index contributed by atoms with van der Waals surface area (Å²) in [5.41, 5.74) is 1.59. The van der Waals surface area contributed by atoms with Crippen LogP contribution in [-0.2, 0) is 4.79 Å². The molecule has 1 aliphatic carbocycles. The second kappa shape index (κ2) is 4.07. The summed E-state index contributed by atoms with van der Waals surface area (Å²) >= 11 is 0. The summed E-state index contributed by atoms with van der Waals surface area (Å²) < 4.78 is 0. The maximum absolute atomic E-state index is 11.9. The lowest BCUT2D eigenvalue weighted by molar-refractivity contribution is -0.113. The van der Waals surface area contributed by atoms with E-state index in [1.807, 2.05) is 12.1 Å². The SMILES string of the molecule is O=C1CC=CC=C1c1nc2ccccc2[nH]c1=O. The van der Waals surface area contributed by atoms with Gasteiger partial charge in [-0.15, -0.1) is 0 Å². The highest BCUT2D eigenvalue weighted by Gasteiger charge is 2.17. The summed E-state index contributed by atoms with van der Waals surface area (Å²) in [6, 6.07) is 7.25. The molecule has 2 aromatic rings. The number of ketones is 1. The number of hydrogen-bond acceptors (Lipinski definition) is 3. The number of aromatic nitrogens is 2. The highest BCUT2D eigenvalue weighted by molar-refractivity contribution is 6.21. The quantitative estimate of drug-likeness (QED) is 0.824. The maximum Gasteiger partial charge on any atom is 0.275 e. The topological polar surface area (TPSA) is 62.8 Å². The van der Waals surface area contributed by atoms with Crippen LogP contribution in [0.4, 0.5) is 0 Å². The van der Waals surface area contributed by atoms with E-state index in [1.165, 1.54) is 0 Å². The fourth-order valence-corrected chi connectivity index (χ4v) is 1.97. The second-order valence-corrected chi connectivity index (χ2v) is 4.07. The standard InChI is InChI=1S/C14H10N2O2/c17-12-8-4-1-5-9(12)13-14(18)16-11-7-3-2-6-10(11)15-13/h1-7H,8H2,(H,16,18). The minimum atomic E-state index is -0.330. The number of carbonyl (C=O) groups is 1. The first-order valence-corrected chi connectivity index (χ1v) is 5.65. The molecule has 3 rings (SSSR count). The van der Waals surface area contributed by atoms with Crippen molar-refractivity contribution in [2.24, 2.45) is 0 Å². The Morgan fingerprint density at radius 2 is 2.00 bits per heavy atom. The van der Waals surface area contributed by atoms with Gasteiger partial charge in [0.1, 0.15) is 5.69 Å². The van der Waals surface area contributed by atoms with Crippen molar-refractivity contribution in [1.82, 2.24) is 9.97 Å². The number of rotatable bonds is 1. The molecule has 0 radical (unpaired) electrons. The fourth-order valence-electron chi connectivity index (χ4n) is 1.97. The molecule has 18 heavy (non-hydrogen) atoms. The largest absolute Gasteiger partial charge is 0.319 e. The normalized spacial score (nSPS) is 14.9. The molecule has 1 heterocycles. The lowest BCUT2D eigenvalue weighted by Gasteiger charge is -2.07. The van der Waals surface area contributed by atoms with Crippen LogP contribution in [0.25, 0.3) is 16.6 Å². The lowest BCUT2D eigenvalue weighted by atomic mass is 10.0. The highest BCUT2D eigenvalue weighted by Crippen LogP contribution is 2.17. The molecule has 1 aliphatic rings. The molecule has 0 spiro atoms. The molecule has 0 aliphatic heterocycles. The van der Waals surface area contributed by atoms with Crippen LogP contribution < -0.4 is 5.56 Å². The third-order valence-corrected chi connectivity index (χ3v) is 2.86. The Hall–Kier alpha value is -2.49. The van der Waals surface area contributed by atoms with Crippen LogP contribution in [0.2, 0.25) is 0 Å². The van der Waals surface area contributed by atoms with Gasteiger partial charge in [-0.05, 0) is 18.2 Å². The molecule has 1 aromatic heterocycles. The van der Waals surface area contributed by atoms with E-state index in [0.29, 0.717) is 23.0 Å². The van der Waals surface area contributed by atoms with E-state index >= 15 is 0 Å². The number of hydrogen-bond donors (Lipinski definition) is 1. The van der Waals surface area contributed by atoms with Crippen LogP contribution in [0.1, 0.15) is 12.1 Å². The Balaban J connectivity index is 2.26. The molecule has 4 nitrogen and oxygen atoms in total. The third-order valence-electron chi connectivity index (χ3n) is 2.86. The van der Waals surface area contributed by atoms with E-state index in [1.54, 1.807) is 30.4 Å². The number of nitrogens with one attached hydrogen (secondary N) is 1. The molecule has 0 unspecified atom stereocenters. The van der Waals surface area contributed by atoms with Gasteiger partial charge in [0.2, 0.25) is 0 Å². The maximum atomic E-state index is 11.9. The van der Waals surface area contributed by atoms with Gasteiger partial charge in [0.15, 0.2) is 5.78 Å². The van der Waals surface area contributed by atoms with Crippen molar-refractivity contribution >= 4 is 22.4 Å². The number of Topliss-reactive ketones (excluding diaryl/α,β-unsaturated/α-hetero) is 1. The number of nitrogens with zero attached hydrogens (tertiary/aromatic N) is 1. The van der Waals surface area contributed by atoms with Gasteiger partial charge in [0.25, 0.3) is 5.56 Å². The molecule has 0 atom stereocenters. The zero-order valence-corrected chi connectivity index (χ0v) is 9.51. The van der Waals surface area contributed by atoms with Gasteiger partial charge in [-0.3, -0.25) is 9.59 Å². The van der Waals surface area contributed by atoms with Crippen LogP contribution in [-0.4, -0.2) is 15.8 Å². The molecular weight excluding hydrogens is 228 g/mol. The summed E-state index contributed by atoms with van der Waals surface area (Å²) in [5.74, 6) is -0.0780. The number of allylic oxidation sites excluding steroid dienone is 4. The molecule has 88 valence electrons. The fraction of sp³-hybridized carbons (Fsp3) is 0.0714. The average Bonchev–Trinajstić information content (AvgIpc) is 2.39. The molecule has 1 aromatic carbocycles. The monoisotopic (exact) mass is 238 g/mol. The van der Waals surface area contributed by atoms with E-state index in [4.69, 9.17) is 0 Å². The summed E-state index contributed by atoms with van der Waals surface area (Å²) in [5, 5.41) is 0. The van der Waals surface area contributed by atoms with Crippen molar-refractivity contribution in [2.45, 2.75) is 6.42 Å². The Bertz CT molecular complexity index is 754. The lowest BCUT2D eigenvalue weighted by Crippen LogP contribution is -2.18. The van der Waals surface area contributed by atoms with Gasteiger partial charge in [0.05, 0.1) is 11.0 Å². The van der Waals surface area contributed by atoms with Gasteiger partial charge in [-0.2, -0.15) is 0 Å². The second-order valence-electron chi connectivity index (χ2n) is 4.07. The molecule has 0 saturated carbocycles. The Morgan fingerprint density at radius 3 is 2.83 bits per heavy atom. The zero-order valence-electron chi connectivity index (χ0n) is 9.51. The van der Waals surface area contributed by atoms with Crippen LogP contribution >= 0.6 is 0 Å². The first-order chi connectivity index (χ1) is 8.75. The number of H-pyrrole nitrogens is 1. The molecular formula is C14H10N2O2. The summed E-state index contributed by atoms with van der Waals surface area (Å²) in [6.07, 6.45) is 5.49. The van der Waals surface area contributed by atoms with Crippen LogP contribution in [0.3, 0.4) is 0 Å². The highest BCUT2D eigenvalue weighted by atomic mass is 16.1. The van der Waals surface area contributed by atoms with E-state index in [-0.39, 0.29) is 17.0 Å². The first kappa shape index (κ1) is 10.7. The van der Waals surface area contributed by atoms with Gasteiger partial charge < -0.3 is 4.98 Å². The Kier molecular flexibility index (Phi) is 2.41. The smallest absolute Gasteiger partial charge is 0.275 e. The van der Waals surface area contributed by atoms with E-state index in [2.05, 4.69) is 9.97 Å². The molecule has 0 amide bonds. The minimum absolute atomic E-state index is 0.0780. The van der Waals surface area contributed by atoms with Crippen molar-refractivity contribution in [3.63, 3.8) is 0 Å². The van der Waals surface area contributed by atoms with Gasteiger partial charge in [0, 0.05) is 12.0 Å². The number of para-hydroxylation sites is 2. The number of carbonyl (C=O) groups excluding carboxylic acids is 1. The van der Waals surface area contributed by atoms with Crippen LogP contribution in [0.5, 0.6) is 0 Å². The number of aromatic amines is 1. The van der Waals surface area contributed by atoms with Crippen molar-refractivity contribution in [3.8, 4) is 0 Å². The molecule has 0 saturated heterocycles. The predicted octanol–water partition coefficient (Wildman–Crippen LogP) is 1.84. The third kappa shape index (κ3) is 1.68. The summed E-state index contributed by atoms with van der Waals surface area (Å²) in [6.45, 7) is 0. The van der Waals surface area contributed by atoms with Gasteiger partial charge in [-0.25, -0.2) is 4.98 Å². The average molecular weight is 238 g/mol. The Labute approximate surface area is 103 Å². The molecule has 1 N–H and O–H groups in total. The zero-order chi connectivity index (χ0) is 12.5. The van der Waals surface area contributed by atoms with E-state index in [0.717, 1.165) is 0 Å². The minimum Gasteiger partial charge on any atom is -0.319 e. The molecule has 0 fully saturated rings. The van der Waals surface area contributed by atoms with Crippen LogP contribution in [0, 0.1) is 0 Å². The summed E-state index contributed by atoms with van der Waals surface area (Å²) in [4.78, 5) is 30.7. The number of fused-ring (bicyclic) bond motifs is 1. The predicted molar refractivity (Wildman–Crippen MR) is 69.1 cm³/mol. The molecule has 0 bridgehead atoms. The molecule has 4 heteroatoms. The van der Waals surface area contributed by atoms with Crippen LogP contribution in [0.15, 0.2) is 47.3 Å². The van der Waals surface area contributed by atoms with E-state index < -0.39 is 0 Å². The van der Waals surface area contributed by atoms with Crippen molar-refractivity contribution in [2.75, 3.05) is 0 Å².